The number of anilines is 1. The molecule has 0 aliphatic heterocycles. The SMILES string of the molecule is COCc1nc(=S)cc(NCc2ccccc2OC)[nH]1. The maximum Gasteiger partial charge on any atom is 0.135 e. The number of aromatic nitrogens is 2. The number of nitrogens with one attached hydrogen (secondary N) is 2. The van der Waals surface area contributed by atoms with E-state index in [0.29, 0.717) is 23.6 Å². The van der Waals surface area contributed by atoms with Gasteiger partial charge in [0.1, 0.15) is 28.6 Å². The summed E-state index contributed by atoms with van der Waals surface area (Å²) in [5, 5.41) is 3.28. The van der Waals surface area contributed by atoms with Crippen LogP contribution in [0.5, 0.6) is 5.75 Å². The van der Waals surface area contributed by atoms with Gasteiger partial charge >= 0.3 is 0 Å². The van der Waals surface area contributed by atoms with Gasteiger partial charge in [-0.15, -0.1) is 0 Å². The second-order valence-electron chi connectivity index (χ2n) is 4.18. The van der Waals surface area contributed by atoms with Crippen LogP contribution in [-0.2, 0) is 17.9 Å². The number of benzene rings is 1. The molecule has 2 N–H and O–H groups in total. The standard InChI is InChI=1S/C14H17N3O2S/c1-18-9-13-16-12(7-14(20)17-13)15-8-10-5-3-4-6-11(10)19-2/h3-7H,8-9H2,1-2H3,(H2,15,16,17,20). The molecule has 20 heavy (non-hydrogen) atoms. The Morgan fingerprint density at radius 2 is 2.10 bits per heavy atom. The molecule has 0 saturated carbocycles. The first-order valence-electron chi connectivity index (χ1n) is 6.18. The lowest BCUT2D eigenvalue weighted by Crippen LogP contribution is -2.06. The first-order valence-corrected chi connectivity index (χ1v) is 6.58. The molecule has 1 heterocycles. The van der Waals surface area contributed by atoms with E-state index in [9.17, 15) is 0 Å². The molecule has 0 radical (unpaired) electrons. The van der Waals surface area contributed by atoms with Crippen molar-refractivity contribution in [2.75, 3.05) is 19.5 Å². The molecule has 0 aliphatic rings. The van der Waals surface area contributed by atoms with Crippen LogP contribution in [0, 0.1) is 4.64 Å². The maximum atomic E-state index is 5.32. The number of para-hydroxylation sites is 1. The normalized spacial score (nSPS) is 10.3. The predicted octanol–water partition coefficient (Wildman–Crippen LogP) is 2.91. The number of methoxy groups -OCH3 is 2. The van der Waals surface area contributed by atoms with Crippen LogP contribution >= 0.6 is 12.2 Å². The molecule has 0 atom stereocenters. The number of hydrogen-bond donors (Lipinski definition) is 2. The molecule has 0 bridgehead atoms. The minimum absolute atomic E-state index is 0.397. The largest absolute Gasteiger partial charge is 0.496 e. The van der Waals surface area contributed by atoms with E-state index < -0.39 is 0 Å². The summed E-state index contributed by atoms with van der Waals surface area (Å²) in [5.74, 6) is 2.36. The zero-order valence-corrected chi connectivity index (χ0v) is 12.3. The highest BCUT2D eigenvalue weighted by Gasteiger charge is 2.03. The fraction of sp³-hybridized carbons (Fsp3) is 0.286. The summed E-state index contributed by atoms with van der Waals surface area (Å²) in [6.45, 7) is 1.03. The third-order valence-corrected chi connectivity index (χ3v) is 2.94. The van der Waals surface area contributed by atoms with Crippen LogP contribution in [-0.4, -0.2) is 24.2 Å². The third-order valence-electron chi connectivity index (χ3n) is 2.73. The predicted molar refractivity (Wildman–Crippen MR) is 80.5 cm³/mol. The van der Waals surface area contributed by atoms with Gasteiger partial charge in [-0.25, -0.2) is 4.98 Å². The van der Waals surface area contributed by atoms with Gasteiger partial charge in [-0.3, -0.25) is 0 Å². The lowest BCUT2D eigenvalue weighted by atomic mass is 10.2. The maximum absolute atomic E-state index is 5.32. The Morgan fingerprint density at radius 1 is 1.30 bits per heavy atom. The van der Waals surface area contributed by atoms with E-state index in [1.807, 2.05) is 24.3 Å². The quantitative estimate of drug-likeness (QED) is 0.801. The van der Waals surface area contributed by atoms with Gasteiger partial charge in [0.15, 0.2) is 0 Å². The Kier molecular flexibility index (Phi) is 5.09. The van der Waals surface area contributed by atoms with Gasteiger partial charge in [0.2, 0.25) is 0 Å². The molecule has 0 aliphatic carbocycles. The second kappa shape index (κ2) is 7.02. The average Bonchev–Trinajstić information content (AvgIpc) is 2.45. The molecule has 0 amide bonds. The lowest BCUT2D eigenvalue weighted by Gasteiger charge is -2.11. The van der Waals surface area contributed by atoms with E-state index in [2.05, 4.69) is 15.3 Å². The van der Waals surface area contributed by atoms with Crippen molar-refractivity contribution >= 4 is 18.0 Å². The Labute approximate surface area is 123 Å². The highest BCUT2D eigenvalue weighted by atomic mass is 32.1. The minimum atomic E-state index is 0.397. The number of H-pyrrole nitrogens is 1. The fourth-order valence-electron chi connectivity index (χ4n) is 1.85. The average molecular weight is 291 g/mol. The number of nitrogens with zero attached hydrogens (tertiary/aromatic N) is 1. The molecule has 2 rings (SSSR count). The topological polar surface area (TPSA) is 59.2 Å². The number of hydrogen-bond acceptors (Lipinski definition) is 5. The summed E-state index contributed by atoms with van der Waals surface area (Å²) in [5.41, 5.74) is 1.07. The van der Waals surface area contributed by atoms with Crippen LogP contribution in [0.15, 0.2) is 30.3 Å². The smallest absolute Gasteiger partial charge is 0.135 e. The Balaban J connectivity index is 2.12. The summed E-state index contributed by atoms with van der Waals surface area (Å²) in [6.07, 6.45) is 0. The Bertz CT molecular complexity index is 628. The fourth-order valence-corrected chi connectivity index (χ4v) is 2.08. The zero-order chi connectivity index (χ0) is 14.4. The molecule has 0 saturated heterocycles. The molecule has 1 aromatic heterocycles. The monoisotopic (exact) mass is 291 g/mol. The molecule has 2 aromatic rings. The van der Waals surface area contributed by atoms with Gasteiger partial charge < -0.3 is 19.8 Å². The van der Waals surface area contributed by atoms with Crippen molar-refractivity contribution < 1.29 is 9.47 Å². The molecular formula is C14H17N3O2S. The van der Waals surface area contributed by atoms with Crippen molar-refractivity contribution in [3.63, 3.8) is 0 Å². The second-order valence-corrected chi connectivity index (χ2v) is 4.60. The number of rotatable bonds is 6. The van der Waals surface area contributed by atoms with Gasteiger partial charge in [-0.05, 0) is 6.07 Å². The highest BCUT2D eigenvalue weighted by molar-refractivity contribution is 7.71. The summed E-state index contributed by atoms with van der Waals surface area (Å²) in [4.78, 5) is 7.32. The molecular weight excluding hydrogens is 274 g/mol. The van der Waals surface area contributed by atoms with Crippen molar-refractivity contribution in [1.82, 2.24) is 9.97 Å². The van der Waals surface area contributed by atoms with Gasteiger partial charge in [0.05, 0.1) is 7.11 Å². The summed E-state index contributed by atoms with van der Waals surface area (Å²) in [6, 6.07) is 9.65. The highest BCUT2D eigenvalue weighted by Crippen LogP contribution is 2.18. The van der Waals surface area contributed by atoms with Crippen LogP contribution < -0.4 is 10.1 Å². The van der Waals surface area contributed by atoms with Gasteiger partial charge in [-0.1, -0.05) is 30.4 Å². The third kappa shape index (κ3) is 3.79. The van der Waals surface area contributed by atoms with E-state index in [1.165, 1.54) is 0 Å². The van der Waals surface area contributed by atoms with Crippen molar-refractivity contribution in [1.29, 1.82) is 0 Å². The molecule has 0 fully saturated rings. The van der Waals surface area contributed by atoms with E-state index >= 15 is 0 Å². The lowest BCUT2D eigenvalue weighted by molar-refractivity contribution is 0.178. The Morgan fingerprint density at radius 3 is 2.85 bits per heavy atom. The first kappa shape index (κ1) is 14.5. The summed E-state index contributed by atoms with van der Waals surface area (Å²) in [7, 11) is 3.28. The molecule has 0 spiro atoms. The molecule has 106 valence electrons. The summed E-state index contributed by atoms with van der Waals surface area (Å²) >= 11 is 5.13. The summed E-state index contributed by atoms with van der Waals surface area (Å²) < 4.78 is 10.9. The molecule has 6 heteroatoms. The van der Waals surface area contributed by atoms with Crippen molar-refractivity contribution in [3.05, 3.63) is 46.4 Å². The molecule has 5 nitrogen and oxygen atoms in total. The van der Waals surface area contributed by atoms with Crippen LogP contribution in [0.4, 0.5) is 5.82 Å². The van der Waals surface area contributed by atoms with Crippen LogP contribution in [0.25, 0.3) is 0 Å². The van der Waals surface area contributed by atoms with E-state index in [1.54, 1.807) is 20.3 Å². The molecule has 1 aromatic carbocycles. The van der Waals surface area contributed by atoms with Crippen molar-refractivity contribution in [2.24, 2.45) is 0 Å². The first-order chi connectivity index (χ1) is 9.72. The van der Waals surface area contributed by atoms with E-state index in [4.69, 9.17) is 21.7 Å². The van der Waals surface area contributed by atoms with E-state index in [-0.39, 0.29) is 0 Å². The molecule has 0 unspecified atom stereocenters. The van der Waals surface area contributed by atoms with Crippen LogP contribution in [0.3, 0.4) is 0 Å². The van der Waals surface area contributed by atoms with Crippen LogP contribution in [0.2, 0.25) is 0 Å². The van der Waals surface area contributed by atoms with E-state index in [0.717, 1.165) is 17.1 Å². The Hall–Kier alpha value is -1.92. The van der Waals surface area contributed by atoms with Crippen molar-refractivity contribution in [2.45, 2.75) is 13.2 Å². The van der Waals surface area contributed by atoms with Crippen molar-refractivity contribution in [3.8, 4) is 5.75 Å². The van der Waals surface area contributed by atoms with Gasteiger partial charge in [-0.2, -0.15) is 0 Å². The van der Waals surface area contributed by atoms with Gasteiger partial charge in [0, 0.05) is 25.3 Å². The number of aromatic amines is 1. The minimum Gasteiger partial charge on any atom is -0.496 e. The number of ether oxygens (including phenoxy) is 2. The zero-order valence-electron chi connectivity index (χ0n) is 11.5. The van der Waals surface area contributed by atoms with Gasteiger partial charge in [0.25, 0.3) is 0 Å². The van der Waals surface area contributed by atoms with Crippen LogP contribution in [0.1, 0.15) is 11.4 Å².